The van der Waals surface area contributed by atoms with Crippen molar-refractivity contribution < 1.29 is 0 Å². The first-order valence-corrected chi connectivity index (χ1v) is 7.56. The summed E-state index contributed by atoms with van der Waals surface area (Å²) < 4.78 is 0.786. The minimum absolute atomic E-state index is 0.750. The molecule has 0 aliphatic carbocycles. The minimum atomic E-state index is 0.750. The standard InChI is InChI=1S/C16H18N4Se/c1-12-7-3-4-8-14(12)11-18-16(21)20-19-13(2)15-9-5-6-10-17-15/h3-10H,11H2,1-2H3,(H2,18,20,21). The van der Waals surface area contributed by atoms with Crippen LogP contribution in [0.2, 0.25) is 0 Å². The van der Waals surface area contributed by atoms with Crippen LogP contribution in [0.25, 0.3) is 0 Å². The van der Waals surface area contributed by atoms with Crippen LogP contribution in [-0.2, 0) is 6.54 Å². The Bertz CT molecular complexity index is 638. The van der Waals surface area contributed by atoms with Crippen molar-refractivity contribution >= 4 is 26.0 Å². The van der Waals surface area contributed by atoms with Gasteiger partial charge in [0.05, 0.1) is 0 Å². The van der Waals surface area contributed by atoms with Crippen LogP contribution in [0.1, 0.15) is 23.7 Å². The van der Waals surface area contributed by atoms with Gasteiger partial charge in [-0.2, -0.15) is 0 Å². The molecule has 0 saturated heterocycles. The summed E-state index contributed by atoms with van der Waals surface area (Å²) in [5.41, 5.74) is 7.19. The topological polar surface area (TPSA) is 49.3 Å². The van der Waals surface area contributed by atoms with Gasteiger partial charge in [0.25, 0.3) is 0 Å². The molecule has 0 spiro atoms. The first-order chi connectivity index (χ1) is 10.2. The van der Waals surface area contributed by atoms with E-state index in [2.05, 4.69) is 55.5 Å². The molecule has 1 aromatic heterocycles. The van der Waals surface area contributed by atoms with Crippen molar-refractivity contribution in [1.29, 1.82) is 0 Å². The second-order valence-corrected chi connectivity index (χ2v) is 5.49. The van der Waals surface area contributed by atoms with E-state index in [0.717, 1.165) is 22.6 Å². The average molecular weight is 345 g/mol. The van der Waals surface area contributed by atoms with Crippen molar-refractivity contribution in [3.8, 4) is 0 Å². The fraction of sp³-hybridized carbons (Fsp3) is 0.188. The van der Waals surface area contributed by atoms with Crippen molar-refractivity contribution in [2.45, 2.75) is 20.4 Å². The molecule has 2 aromatic rings. The first kappa shape index (κ1) is 15.4. The van der Waals surface area contributed by atoms with E-state index in [9.17, 15) is 0 Å². The number of rotatable bonds is 6. The van der Waals surface area contributed by atoms with E-state index in [4.69, 9.17) is 0 Å². The number of hydrogen-bond acceptors (Lipinski definition) is 4. The van der Waals surface area contributed by atoms with Crippen molar-refractivity contribution in [1.82, 2.24) is 15.7 Å². The van der Waals surface area contributed by atoms with Gasteiger partial charge in [-0.15, -0.1) is 0 Å². The van der Waals surface area contributed by atoms with Crippen molar-refractivity contribution in [3.05, 3.63) is 65.5 Å². The van der Waals surface area contributed by atoms with E-state index < -0.39 is 0 Å². The van der Waals surface area contributed by atoms with Crippen LogP contribution < -0.4 is 10.7 Å². The fourth-order valence-corrected chi connectivity index (χ4v) is 2.04. The van der Waals surface area contributed by atoms with E-state index in [-0.39, 0.29) is 0 Å². The van der Waals surface area contributed by atoms with Gasteiger partial charge in [0, 0.05) is 0 Å². The van der Waals surface area contributed by atoms with Gasteiger partial charge in [-0.1, -0.05) is 0 Å². The first-order valence-electron chi connectivity index (χ1n) is 6.71. The van der Waals surface area contributed by atoms with Crippen molar-refractivity contribution in [2.24, 2.45) is 5.10 Å². The zero-order valence-electron chi connectivity index (χ0n) is 12.1. The molecular formula is C16H18N4Se. The Kier molecular flexibility index (Phi) is 5.67. The zero-order valence-corrected chi connectivity index (χ0v) is 13.8. The van der Waals surface area contributed by atoms with Gasteiger partial charge in [-0.25, -0.2) is 0 Å². The van der Waals surface area contributed by atoms with E-state index >= 15 is 0 Å². The molecule has 1 aromatic carbocycles. The van der Waals surface area contributed by atoms with E-state index in [1.165, 1.54) is 11.1 Å². The number of nitrogens with zero attached hydrogens (tertiary/aromatic N) is 2. The SMILES string of the molecule is CC(=NNC(=[Se])NCc1ccccc1C)c1ccccn1. The Morgan fingerprint density at radius 3 is 2.67 bits per heavy atom. The van der Waals surface area contributed by atoms with Crippen LogP contribution in [0.5, 0.6) is 0 Å². The third kappa shape index (κ3) is 4.81. The Labute approximate surface area is 133 Å². The molecule has 1 heterocycles. The number of nitrogens with one attached hydrogen (secondary N) is 2. The summed E-state index contributed by atoms with van der Waals surface area (Å²) in [7, 11) is 0. The summed E-state index contributed by atoms with van der Waals surface area (Å²) in [4.78, 5) is 4.25. The van der Waals surface area contributed by atoms with Crippen LogP contribution in [0.4, 0.5) is 0 Å². The molecule has 0 amide bonds. The molecule has 4 nitrogen and oxygen atoms in total. The molecule has 2 N–H and O–H groups in total. The van der Waals surface area contributed by atoms with Gasteiger partial charge >= 0.3 is 133 Å². The Hall–Kier alpha value is -1.97. The second-order valence-electron chi connectivity index (χ2n) is 4.63. The van der Waals surface area contributed by atoms with E-state index in [1.807, 2.05) is 37.3 Å². The van der Waals surface area contributed by atoms with Gasteiger partial charge in [0.1, 0.15) is 0 Å². The molecule has 0 radical (unpaired) electrons. The van der Waals surface area contributed by atoms with E-state index in [1.54, 1.807) is 6.20 Å². The maximum atomic E-state index is 4.30. The van der Waals surface area contributed by atoms with Crippen LogP contribution in [0, 0.1) is 6.92 Å². The van der Waals surface area contributed by atoms with Gasteiger partial charge < -0.3 is 0 Å². The van der Waals surface area contributed by atoms with Crippen molar-refractivity contribution in [3.63, 3.8) is 0 Å². The van der Waals surface area contributed by atoms with Gasteiger partial charge in [-0.05, 0) is 0 Å². The molecule has 0 saturated carbocycles. The number of hydrazone groups is 1. The number of aryl methyl sites for hydroxylation is 1. The number of pyridine rings is 1. The predicted octanol–water partition coefficient (Wildman–Crippen LogP) is 1.75. The number of hydrogen-bond donors (Lipinski definition) is 2. The Balaban J connectivity index is 1.87. The van der Waals surface area contributed by atoms with Crippen LogP contribution in [0.15, 0.2) is 53.8 Å². The molecular weight excluding hydrogens is 327 g/mol. The fourth-order valence-electron chi connectivity index (χ4n) is 1.79. The van der Waals surface area contributed by atoms with Crippen LogP contribution in [-0.4, -0.2) is 30.9 Å². The normalized spacial score (nSPS) is 11.0. The number of benzene rings is 1. The van der Waals surface area contributed by atoms with Gasteiger partial charge in [0.2, 0.25) is 0 Å². The molecule has 5 heteroatoms. The maximum absolute atomic E-state index is 4.30. The summed E-state index contributed by atoms with van der Waals surface area (Å²) in [5, 5.41) is 7.57. The molecule has 0 aliphatic heterocycles. The summed E-state index contributed by atoms with van der Waals surface area (Å²) in [6.07, 6.45) is 1.76. The zero-order chi connectivity index (χ0) is 15.1. The predicted molar refractivity (Wildman–Crippen MR) is 88.4 cm³/mol. The molecule has 0 unspecified atom stereocenters. The van der Waals surface area contributed by atoms with E-state index in [0.29, 0.717) is 0 Å². The Morgan fingerprint density at radius 2 is 1.95 bits per heavy atom. The molecule has 0 aliphatic rings. The van der Waals surface area contributed by atoms with Crippen LogP contribution in [0.3, 0.4) is 0 Å². The van der Waals surface area contributed by atoms with Crippen molar-refractivity contribution in [2.75, 3.05) is 0 Å². The summed E-state index contributed by atoms with van der Waals surface area (Å²) in [6.45, 7) is 4.77. The second kappa shape index (κ2) is 7.72. The molecule has 108 valence electrons. The number of aromatic nitrogens is 1. The molecule has 0 bridgehead atoms. The van der Waals surface area contributed by atoms with Crippen LogP contribution >= 0.6 is 0 Å². The molecule has 21 heavy (non-hydrogen) atoms. The average Bonchev–Trinajstić information content (AvgIpc) is 2.52. The molecule has 2 rings (SSSR count). The summed E-state index contributed by atoms with van der Waals surface area (Å²) in [6, 6.07) is 14.1. The monoisotopic (exact) mass is 346 g/mol. The Morgan fingerprint density at radius 1 is 1.19 bits per heavy atom. The third-order valence-electron chi connectivity index (χ3n) is 3.06. The molecule has 0 fully saturated rings. The van der Waals surface area contributed by atoms with Gasteiger partial charge in [0.15, 0.2) is 0 Å². The quantitative estimate of drug-likeness (QED) is 0.476. The van der Waals surface area contributed by atoms with Gasteiger partial charge in [-0.3, -0.25) is 0 Å². The molecule has 0 atom stereocenters. The third-order valence-corrected chi connectivity index (χ3v) is 3.56. The summed E-state index contributed by atoms with van der Waals surface area (Å²) in [5.74, 6) is 0. The summed E-state index contributed by atoms with van der Waals surface area (Å²) >= 11 is 2.94.